The lowest BCUT2D eigenvalue weighted by Crippen LogP contribution is -2.45. The van der Waals surface area contributed by atoms with Gasteiger partial charge >= 0.3 is 0 Å². The molecule has 0 aliphatic heterocycles. The van der Waals surface area contributed by atoms with Crippen LogP contribution in [0.2, 0.25) is 18.1 Å². The van der Waals surface area contributed by atoms with E-state index in [0.717, 1.165) is 0 Å². The van der Waals surface area contributed by atoms with Gasteiger partial charge < -0.3 is 9.53 Å². The predicted octanol–water partition coefficient (Wildman–Crippen LogP) is 3.03. The lowest BCUT2D eigenvalue weighted by atomic mass is 9.88. The molecule has 3 heteroatoms. The summed E-state index contributed by atoms with van der Waals surface area (Å²) in [5.41, 5.74) is -0.385. The summed E-state index contributed by atoms with van der Waals surface area (Å²) in [7, 11) is -1.75. The first-order valence-electron chi connectivity index (χ1n) is 5.72. The van der Waals surface area contributed by atoms with Crippen LogP contribution in [0.5, 0.6) is 0 Å². The van der Waals surface area contributed by atoms with Gasteiger partial charge in [-0.15, -0.1) is 6.42 Å². The van der Waals surface area contributed by atoms with Gasteiger partial charge in [0.2, 0.25) is 0 Å². The fourth-order valence-corrected chi connectivity index (χ4v) is 2.05. The highest BCUT2D eigenvalue weighted by Gasteiger charge is 2.39. The Hall–Kier alpha value is -0.303. The second-order valence-corrected chi connectivity index (χ2v) is 11.4. The number of aliphatic hydroxyl groups excluding tert-OH is 1. The van der Waals surface area contributed by atoms with Crippen molar-refractivity contribution in [1.29, 1.82) is 0 Å². The Morgan fingerprint density at radius 2 is 1.69 bits per heavy atom. The lowest BCUT2D eigenvalue weighted by Gasteiger charge is -2.39. The topological polar surface area (TPSA) is 29.5 Å². The molecule has 0 spiro atoms. The SMILES string of the molecule is C#C[C@H](O)C(C)(C)CO[Si](C)(C)C(C)(C)C. The van der Waals surface area contributed by atoms with Crippen molar-refractivity contribution < 1.29 is 9.53 Å². The molecule has 0 amide bonds. The third kappa shape index (κ3) is 3.93. The molecule has 0 saturated heterocycles. The molecule has 2 nitrogen and oxygen atoms in total. The highest BCUT2D eigenvalue weighted by atomic mass is 28.4. The van der Waals surface area contributed by atoms with Gasteiger partial charge in [0, 0.05) is 12.0 Å². The van der Waals surface area contributed by atoms with Crippen LogP contribution in [0.25, 0.3) is 0 Å². The number of rotatable bonds is 4. The van der Waals surface area contributed by atoms with Crippen molar-refractivity contribution in [3.05, 3.63) is 0 Å². The first kappa shape index (κ1) is 15.7. The van der Waals surface area contributed by atoms with E-state index in [1.54, 1.807) is 0 Å². The normalized spacial score (nSPS) is 15.7. The van der Waals surface area contributed by atoms with Gasteiger partial charge in [0.1, 0.15) is 6.10 Å². The summed E-state index contributed by atoms with van der Waals surface area (Å²) >= 11 is 0. The van der Waals surface area contributed by atoms with Gasteiger partial charge in [-0.1, -0.05) is 40.5 Å². The summed E-state index contributed by atoms with van der Waals surface area (Å²) in [5.74, 6) is 2.37. The van der Waals surface area contributed by atoms with E-state index in [4.69, 9.17) is 10.8 Å². The zero-order valence-electron chi connectivity index (χ0n) is 11.7. The average Bonchev–Trinajstić information content (AvgIpc) is 2.12. The fraction of sp³-hybridized carbons (Fsp3) is 0.846. The molecule has 0 fully saturated rings. The van der Waals surface area contributed by atoms with Crippen molar-refractivity contribution in [2.45, 2.75) is 58.9 Å². The van der Waals surface area contributed by atoms with E-state index in [9.17, 15) is 5.11 Å². The number of terminal acetylenes is 1. The number of aliphatic hydroxyl groups is 1. The van der Waals surface area contributed by atoms with Crippen LogP contribution in [0.4, 0.5) is 0 Å². The molecule has 0 aliphatic carbocycles. The quantitative estimate of drug-likeness (QED) is 0.606. The number of hydrogen-bond acceptors (Lipinski definition) is 2. The van der Waals surface area contributed by atoms with Crippen LogP contribution >= 0.6 is 0 Å². The maximum Gasteiger partial charge on any atom is 0.192 e. The smallest absolute Gasteiger partial charge is 0.192 e. The molecule has 1 atom stereocenters. The van der Waals surface area contributed by atoms with Crippen molar-refractivity contribution in [2.75, 3.05) is 6.61 Å². The minimum atomic E-state index is -1.75. The van der Waals surface area contributed by atoms with E-state index >= 15 is 0 Å². The summed E-state index contributed by atoms with van der Waals surface area (Å²) < 4.78 is 6.06. The van der Waals surface area contributed by atoms with Crippen molar-refractivity contribution in [3.8, 4) is 12.3 Å². The Morgan fingerprint density at radius 1 is 1.25 bits per heavy atom. The van der Waals surface area contributed by atoms with Crippen LogP contribution in [0.1, 0.15) is 34.6 Å². The van der Waals surface area contributed by atoms with Crippen LogP contribution < -0.4 is 0 Å². The zero-order chi connectivity index (χ0) is 13.2. The van der Waals surface area contributed by atoms with Crippen molar-refractivity contribution in [1.82, 2.24) is 0 Å². The highest BCUT2D eigenvalue weighted by Crippen LogP contribution is 2.37. The van der Waals surface area contributed by atoms with Crippen LogP contribution in [0.3, 0.4) is 0 Å². The molecule has 16 heavy (non-hydrogen) atoms. The van der Waals surface area contributed by atoms with Crippen LogP contribution in [0, 0.1) is 17.8 Å². The molecular formula is C13H26O2Si. The maximum atomic E-state index is 9.68. The molecule has 94 valence electrons. The molecule has 0 heterocycles. The van der Waals surface area contributed by atoms with E-state index in [2.05, 4.69) is 39.8 Å². The molecule has 0 rings (SSSR count). The van der Waals surface area contributed by atoms with Crippen LogP contribution in [0.15, 0.2) is 0 Å². The van der Waals surface area contributed by atoms with Gasteiger partial charge in [0.25, 0.3) is 0 Å². The summed E-state index contributed by atoms with van der Waals surface area (Å²) in [6.07, 6.45) is 4.49. The van der Waals surface area contributed by atoms with Gasteiger partial charge in [0.15, 0.2) is 8.32 Å². The summed E-state index contributed by atoms with van der Waals surface area (Å²) in [4.78, 5) is 0. The Balaban J connectivity index is 4.53. The standard InChI is InChI=1S/C13H26O2Si/c1-9-11(14)13(5,6)10-15-16(7,8)12(2,3)4/h1,11,14H,10H2,2-8H3/t11-/m0/s1. The minimum absolute atomic E-state index is 0.185. The molecule has 0 aliphatic rings. The molecule has 0 bridgehead atoms. The van der Waals surface area contributed by atoms with Crippen LogP contribution in [-0.4, -0.2) is 26.1 Å². The van der Waals surface area contributed by atoms with Gasteiger partial charge in [-0.2, -0.15) is 0 Å². The van der Waals surface area contributed by atoms with Gasteiger partial charge in [-0.3, -0.25) is 0 Å². The molecular weight excluding hydrogens is 216 g/mol. The molecule has 0 radical (unpaired) electrons. The zero-order valence-corrected chi connectivity index (χ0v) is 12.7. The second kappa shape index (κ2) is 4.91. The Morgan fingerprint density at radius 3 is 2.00 bits per heavy atom. The number of hydrogen-bond donors (Lipinski definition) is 1. The molecule has 0 aromatic rings. The molecule has 0 aromatic heterocycles. The van der Waals surface area contributed by atoms with Crippen LogP contribution in [-0.2, 0) is 4.43 Å². The molecule has 0 unspecified atom stereocenters. The van der Waals surface area contributed by atoms with Crippen molar-refractivity contribution in [3.63, 3.8) is 0 Å². The van der Waals surface area contributed by atoms with Gasteiger partial charge in [0.05, 0.1) is 0 Å². The predicted molar refractivity (Wildman–Crippen MR) is 71.8 cm³/mol. The first-order chi connectivity index (χ1) is 6.94. The first-order valence-corrected chi connectivity index (χ1v) is 8.63. The Kier molecular flexibility index (Phi) is 4.82. The van der Waals surface area contributed by atoms with E-state index in [1.807, 2.05) is 13.8 Å². The fourth-order valence-electron chi connectivity index (χ4n) is 0.887. The average molecular weight is 242 g/mol. The second-order valence-electron chi connectivity index (χ2n) is 6.61. The minimum Gasteiger partial charge on any atom is -0.416 e. The van der Waals surface area contributed by atoms with E-state index in [-0.39, 0.29) is 10.5 Å². The maximum absolute atomic E-state index is 9.68. The monoisotopic (exact) mass is 242 g/mol. The summed E-state index contributed by atoms with van der Waals surface area (Å²) in [5, 5.41) is 9.87. The van der Waals surface area contributed by atoms with E-state index in [1.165, 1.54) is 0 Å². The Labute approximate surface area is 102 Å². The van der Waals surface area contributed by atoms with Gasteiger partial charge in [-0.05, 0) is 18.1 Å². The largest absolute Gasteiger partial charge is 0.416 e. The molecule has 1 N–H and O–H groups in total. The Bertz CT molecular complexity index is 269. The van der Waals surface area contributed by atoms with E-state index in [0.29, 0.717) is 6.61 Å². The van der Waals surface area contributed by atoms with Gasteiger partial charge in [-0.25, -0.2) is 0 Å². The molecule has 0 saturated carbocycles. The third-order valence-electron chi connectivity index (χ3n) is 3.51. The van der Waals surface area contributed by atoms with Crippen molar-refractivity contribution >= 4 is 8.32 Å². The highest BCUT2D eigenvalue weighted by molar-refractivity contribution is 6.74. The van der Waals surface area contributed by atoms with E-state index < -0.39 is 14.4 Å². The summed E-state index contributed by atoms with van der Waals surface area (Å²) in [6, 6.07) is 0. The third-order valence-corrected chi connectivity index (χ3v) is 7.99. The summed E-state index contributed by atoms with van der Waals surface area (Å²) in [6.45, 7) is 15.4. The molecule has 0 aromatic carbocycles. The lowest BCUT2D eigenvalue weighted by molar-refractivity contribution is 0.0484. The van der Waals surface area contributed by atoms with Crippen molar-refractivity contribution in [2.24, 2.45) is 5.41 Å².